The molecule has 5 nitrogen and oxygen atoms in total. The second-order valence-corrected chi connectivity index (χ2v) is 8.28. The molecule has 2 aromatic carbocycles. The summed E-state index contributed by atoms with van der Waals surface area (Å²) in [6.45, 7) is 3.06. The third-order valence-electron chi connectivity index (χ3n) is 4.17. The van der Waals surface area contributed by atoms with Gasteiger partial charge in [0.25, 0.3) is 0 Å². The molecule has 0 bridgehead atoms. The molecule has 152 valence electrons. The van der Waals surface area contributed by atoms with E-state index in [1.165, 1.54) is 13.0 Å². The van der Waals surface area contributed by atoms with E-state index >= 15 is 0 Å². The molecule has 0 aliphatic carbocycles. The predicted molar refractivity (Wildman–Crippen MR) is 101 cm³/mol. The van der Waals surface area contributed by atoms with E-state index in [4.69, 9.17) is 0 Å². The van der Waals surface area contributed by atoms with Crippen LogP contribution in [0.2, 0.25) is 0 Å². The van der Waals surface area contributed by atoms with Crippen molar-refractivity contribution in [3.63, 3.8) is 0 Å². The first-order valence-corrected chi connectivity index (χ1v) is 10.3. The Morgan fingerprint density at radius 1 is 1.04 bits per heavy atom. The van der Waals surface area contributed by atoms with E-state index < -0.39 is 39.8 Å². The molecule has 0 radical (unpaired) electrons. The van der Waals surface area contributed by atoms with E-state index in [1.54, 1.807) is 31.2 Å². The van der Waals surface area contributed by atoms with Crippen molar-refractivity contribution in [2.45, 2.75) is 32.1 Å². The Morgan fingerprint density at radius 3 is 2.18 bits per heavy atom. The maximum absolute atomic E-state index is 13.0. The number of halogens is 3. The molecule has 0 aliphatic rings. The summed E-state index contributed by atoms with van der Waals surface area (Å²) in [5.74, 6) is -0.626. The van der Waals surface area contributed by atoms with Crippen LogP contribution in [0.4, 0.5) is 18.9 Å². The fourth-order valence-electron chi connectivity index (χ4n) is 2.79. The zero-order valence-electron chi connectivity index (χ0n) is 15.6. The first kappa shape index (κ1) is 21.7. The van der Waals surface area contributed by atoms with Gasteiger partial charge in [-0.15, -0.1) is 0 Å². The van der Waals surface area contributed by atoms with Crippen molar-refractivity contribution in [3.8, 4) is 0 Å². The molecule has 0 heterocycles. The second-order valence-electron chi connectivity index (χ2n) is 6.42. The lowest BCUT2D eigenvalue weighted by molar-refractivity contribution is -0.137. The van der Waals surface area contributed by atoms with Crippen molar-refractivity contribution in [3.05, 3.63) is 65.7 Å². The molecule has 0 fully saturated rings. The maximum Gasteiger partial charge on any atom is 0.416 e. The molecule has 1 amide bonds. The minimum absolute atomic E-state index is 0.229. The van der Waals surface area contributed by atoms with E-state index in [0.29, 0.717) is 10.4 Å². The largest absolute Gasteiger partial charge is 0.416 e. The smallest absolute Gasteiger partial charge is 0.348 e. The Hall–Kier alpha value is -2.55. The second kappa shape index (κ2) is 8.22. The summed E-state index contributed by atoms with van der Waals surface area (Å²) >= 11 is 0. The number of hydrogen-bond acceptors (Lipinski definition) is 3. The van der Waals surface area contributed by atoms with Gasteiger partial charge in [-0.25, -0.2) is 8.42 Å². The number of anilines is 1. The number of carbonyl (C=O) groups excluding carboxylic acids is 1. The highest BCUT2D eigenvalue weighted by atomic mass is 32.2. The number of nitrogens with zero attached hydrogens (tertiary/aromatic N) is 1. The van der Waals surface area contributed by atoms with Crippen LogP contribution < -0.4 is 9.62 Å². The molecule has 28 heavy (non-hydrogen) atoms. The van der Waals surface area contributed by atoms with Crippen molar-refractivity contribution < 1.29 is 26.4 Å². The molecule has 2 aromatic rings. The Labute approximate surface area is 162 Å². The third-order valence-corrected chi connectivity index (χ3v) is 5.42. The topological polar surface area (TPSA) is 66.5 Å². The van der Waals surface area contributed by atoms with Crippen LogP contribution in [0.3, 0.4) is 0 Å². The number of amides is 1. The molecule has 0 saturated heterocycles. The zero-order valence-corrected chi connectivity index (χ0v) is 16.4. The molecule has 2 rings (SSSR count). The highest BCUT2D eigenvalue weighted by Crippen LogP contribution is 2.32. The molecule has 0 saturated carbocycles. The monoisotopic (exact) mass is 414 g/mol. The predicted octanol–water partition coefficient (Wildman–Crippen LogP) is 3.74. The van der Waals surface area contributed by atoms with Gasteiger partial charge in [-0.05, 0) is 37.6 Å². The van der Waals surface area contributed by atoms with Crippen molar-refractivity contribution in [2.75, 3.05) is 10.6 Å². The fraction of sp³-hybridized carbons (Fsp3) is 0.316. The summed E-state index contributed by atoms with van der Waals surface area (Å²) in [7, 11) is -4.02. The van der Waals surface area contributed by atoms with E-state index in [1.807, 2.05) is 6.07 Å². The fourth-order valence-corrected chi connectivity index (χ4v) is 3.95. The highest BCUT2D eigenvalue weighted by Gasteiger charge is 2.34. The Bertz CT molecular complexity index is 931. The first-order valence-electron chi connectivity index (χ1n) is 8.43. The molecule has 0 aliphatic heterocycles. The SMILES string of the molecule is CC(NC(=O)C(C)N(c1cccc(C(F)(F)F)c1)S(C)(=O)=O)c1ccccc1. The first-order chi connectivity index (χ1) is 12.9. The van der Waals surface area contributed by atoms with Gasteiger partial charge in [-0.2, -0.15) is 13.2 Å². The van der Waals surface area contributed by atoms with E-state index in [9.17, 15) is 26.4 Å². The standard InChI is InChI=1S/C19H21F3N2O3S/c1-13(15-8-5-4-6-9-15)23-18(25)14(2)24(28(3,26)27)17-11-7-10-16(12-17)19(20,21)22/h4-14H,1-3H3,(H,23,25). The Morgan fingerprint density at radius 2 is 1.64 bits per heavy atom. The van der Waals surface area contributed by atoms with Crippen LogP contribution in [-0.4, -0.2) is 26.6 Å². The van der Waals surface area contributed by atoms with E-state index in [-0.39, 0.29) is 5.69 Å². The number of nitrogens with one attached hydrogen (secondary N) is 1. The molecular weight excluding hydrogens is 393 g/mol. The lowest BCUT2D eigenvalue weighted by atomic mass is 10.1. The summed E-state index contributed by atoms with van der Waals surface area (Å²) in [4.78, 5) is 12.6. The Balaban J connectivity index is 2.32. The minimum Gasteiger partial charge on any atom is -0.348 e. The van der Waals surface area contributed by atoms with Gasteiger partial charge in [0.15, 0.2) is 0 Å². The van der Waals surface area contributed by atoms with Crippen molar-refractivity contribution >= 4 is 21.6 Å². The van der Waals surface area contributed by atoms with Gasteiger partial charge in [-0.1, -0.05) is 36.4 Å². The number of alkyl halides is 3. The van der Waals surface area contributed by atoms with Crippen LogP contribution >= 0.6 is 0 Å². The quantitative estimate of drug-likeness (QED) is 0.783. The van der Waals surface area contributed by atoms with Gasteiger partial charge in [-0.3, -0.25) is 9.10 Å². The molecule has 9 heteroatoms. The average molecular weight is 414 g/mol. The normalized spacial score (nSPS) is 14.2. The summed E-state index contributed by atoms with van der Waals surface area (Å²) < 4.78 is 64.2. The van der Waals surface area contributed by atoms with Gasteiger partial charge in [0.1, 0.15) is 6.04 Å². The van der Waals surface area contributed by atoms with Crippen LogP contribution in [0.1, 0.15) is 31.0 Å². The van der Waals surface area contributed by atoms with Gasteiger partial charge < -0.3 is 5.32 Å². The summed E-state index contributed by atoms with van der Waals surface area (Å²) in [6, 6.07) is 11.3. The highest BCUT2D eigenvalue weighted by molar-refractivity contribution is 7.92. The number of hydrogen-bond donors (Lipinski definition) is 1. The van der Waals surface area contributed by atoms with Crippen molar-refractivity contribution in [1.82, 2.24) is 5.32 Å². The molecule has 0 aromatic heterocycles. The molecule has 0 spiro atoms. The van der Waals surface area contributed by atoms with Gasteiger partial charge >= 0.3 is 6.18 Å². The minimum atomic E-state index is -4.63. The van der Waals surface area contributed by atoms with Crippen molar-refractivity contribution in [1.29, 1.82) is 0 Å². The van der Waals surface area contributed by atoms with Crippen LogP contribution in [0.25, 0.3) is 0 Å². The molecule has 2 atom stereocenters. The number of sulfonamides is 1. The van der Waals surface area contributed by atoms with Crippen LogP contribution in [0.15, 0.2) is 54.6 Å². The summed E-state index contributed by atoms with van der Waals surface area (Å²) in [5, 5.41) is 2.70. The maximum atomic E-state index is 13.0. The van der Waals surface area contributed by atoms with Gasteiger partial charge in [0.05, 0.1) is 23.5 Å². The van der Waals surface area contributed by atoms with E-state index in [2.05, 4.69) is 5.32 Å². The summed E-state index contributed by atoms with van der Waals surface area (Å²) in [6.07, 6.45) is -3.79. The third kappa shape index (κ3) is 5.25. The number of benzene rings is 2. The van der Waals surface area contributed by atoms with Gasteiger partial charge in [0.2, 0.25) is 15.9 Å². The number of carbonyl (C=O) groups is 1. The van der Waals surface area contributed by atoms with E-state index in [0.717, 1.165) is 24.0 Å². The average Bonchev–Trinajstić information content (AvgIpc) is 2.60. The van der Waals surface area contributed by atoms with Crippen LogP contribution in [0, 0.1) is 0 Å². The van der Waals surface area contributed by atoms with Gasteiger partial charge in [0, 0.05) is 0 Å². The van der Waals surface area contributed by atoms with Crippen LogP contribution in [0.5, 0.6) is 0 Å². The van der Waals surface area contributed by atoms with Crippen LogP contribution in [-0.2, 0) is 21.0 Å². The number of rotatable bonds is 6. The molecule has 2 unspecified atom stereocenters. The lowest BCUT2D eigenvalue weighted by Crippen LogP contribution is -2.48. The molecular formula is C19H21F3N2O3S. The molecule has 1 N–H and O–H groups in total. The lowest BCUT2D eigenvalue weighted by Gasteiger charge is -2.29. The zero-order chi connectivity index (χ0) is 21.1. The Kier molecular flexibility index (Phi) is 6.38. The summed E-state index contributed by atoms with van der Waals surface area (Å²) in [5.41, 5.74) is -0.413. The van der Waals surface area contributed by atoms with Crippen molar-refractivity contribution in [2.24, 2.45) is 0 Å².